The van der Waals surface area contributed by atoms with Gasteiger partial charge in [0, 0.05) is 6.04 Å². The molecule has 4 N–H and O–H groups in total. The molecule has 2 unspecified atom stereocenters. The summed E-state index contributed by atoms with van der Waals surface area (Å²) in [4.78, 5) is 0. The van der Waals surface area contributed by atoms with Gasteiger partial charge in [-0.2, -0.15) is 0 Å². The minimum Gasteiger partial charge on any atom is -0.491 e. The van der Waals surface area contributed by atoms with Crippen LogP contribution in [-0.2, 0) is 0 Å². The van der Waals surface area contributed by atoms with Gasteiger partial charge >= 0.3 is 0 Å². The van der Waals surface area contributed by atoms with Crippen LogP contribution in [0, 0.1) is 0 Å². The van der Waals surface area contributed by atoms with Gasteiger partial charge in [-0.3, -0.25) is 0 Å². The molecular weight excluding hydrogens is 228 g/mol. The summed E-state index contributed by atoms with van der Waals surface area (Å²) in [6.07, 6.45) is 0.344. The number of benzene rings is 1. The number of ether oxygens (including phenoxy) is 1. The van der Waals surface area contributed by atoms with E-state index in [2.05, 4.69) is 5.32 Å². The fourth-order valence-electron chi connectivity index (χ4n) is 1.89. The summed E-state index contributed by atoms with van der Waals surface area (Å²) in [5, 5.41) is 13.3. The van der Waals surface area contributed by atoms with E-state index in [1.54, 1.807) is 0 Å². The van der Waals surface area contributed by atoms with Crippen LogP contribution in [0.3, 0.4) is 0 Å². The second-order valence-corrected chi connectivity index (χ2v) is 4.65. The smallest absolute Gasteiger partial charge is 0.119 e. The highest BCUT2D eigenvalue weighted by molar-refractivity contribution is 5.29. The van der Waals surface area contributed by atoms with Crippen LogP contribution < -0.4 is 15.8 Å². The number of hydrogen-bond acceptors (Lipinski definition) is 4. The number of aliphatic hydroxyl groups is 1. The van der Waals surface area contributed by atoms with E-state index < -0.39 is 6.10 Å². The quantitative estimate of drug-likeness (QED) is 0.687. The summed E-state index contributed by atoms with van der Waals surface area (Å²) in [7, 11) is 1.83. The predicted octanol–water partition coefficient (Wildman–Crippen LogP) is 1.44. The van der Waals surface area contributed by atoms with Crippen molar-refractivity contribution in [3.8, 4) is 5.75 Å². The van der Waals surface area contributed by atoms with Crippen molar-refractivity contribution in [1.29, 1.82) is 0 Å². The summed E-state index contributed by atoms with van der Waals surface area (Å²) < 4.78 is 5.57. The predicted molar refractivity (Wildman–Crippen MR) is 73.7 cm³/mol. The first-order valence-electron chi connectivity index (χ1n) is 6.40. The Morgan fingerprint density at radius 3 is 2.33 bits per heavy atom. The topological polar surface area (TPSA) is 67.5 Å². The van der Waals surface area contributed by atoms with E-state index in [-0.39, 0.29) is 12.1 Å². The first-order valence-corrected chi connectivity index (χ1v) is 6.40. The Balaban J connectivity index is 2.71. The van der Waals surface area contributed by atoms with Crippen molar-refractivity contribution in [3.05, 3.63) is 29.8 Å². The fraction of sp³-hybridized carbons (Fsp3) is 0.571. The van der Waals surface area contributed by atoms with E-state index in [0.717, 1.165) is 17.7 Å². The minimum absolute atomic E-state index is 0.0214. The third-order valence-corrected chi connectivity index (χ3v) is 2.82. The van der Waals surface area contributed by atoms with Crippen LogP contribution in [0.5, 0.6) is 5.75 Å². The molecule has 2 atom stereocenters. The maximum absolute atomic E-state index is 10.2. The van der Waals surface area contributed by atoms with E-state index in [9.17, 15) is 5.11 Å². The third-order valence-electron chi connectivity index (χ3n) is 2.82. The van der Waals surface area contributed by atoms with Crippen molar-refractivity contribution in [2.75, 3.05) is 13.6 Å². The van der Waals surface area contributed by atoms with Crippen molar-refractivity contribution < 1.29 is 9.84 Å². The zero-order valence-corrected chi connectivity index (χ0v) is 11.4. The lowest BCUT2D eigenvalue weighted by atomic mass is 10.00. The van der Waals surface area contributed by atoms with Crippen LogP contribution in [0.2, 0.25) is 0 Å². The lowest BCUT2D eigenvalue weighted by Crippen LogP contribution is -2.34. The number of rotatable bonds is 7. The zero-order chi connectivity index (χ0) is 13.5. The van der Waals surface area contributed by atoms with Crippen molar-refractivity contribution in [1.82, 2.24) is 5.32 Å². The van der Waals surface area contributed by atoms with Crippen LogP contribution in [0.4, 0.5) is 0 Å². The molecule has 4 heteroatoms. The second-order valence-electron chi connectivity index (χ2n) is 4.65. The summed E-state index contributed by atoms with van der Waals surface area (Å²) in [6, 6.07) is 7.53. The SMILES string of the molecule is CNC(CCN)C(O)c1ccc(OC(C)C)cc1. The molecule has 0 aliphatic carbocycles. The molecular formula is C14H24N2O2. The molecule has 0 radical (unpaired) electrons. The molecule has 0 amide bonds. The maximum atomic E-state index is 10.2. The van der Waals surface area contributed by atoms with Crippen molar-refractivity contribution in [2.45, 2.75) is 38.5 Å². The van der Waals surface area contributed by atoms with Crippen LogP contribution >= 0.6 is 0 Å². The van der Waals surface area contributed by atoms with Crippen LogP contribution in [0.15, 0.2) is 24.3 Å². The van der Waals surface area contributed by atoms with E-state index in [1.165, 1.54) is 0 Å². The van der Waals surface area contributed by atoms with E-state index in [0.29, 0.717) is 6.54 Å². The average Bonchev–Trinajstić information content (AvgIpc) is 2.35. The van der Waals surface area contributed by atoms with E-state index >= 15 is 0 Å². The number of likely N-dealkylation sites (N-methyl/N-ethyl adjacent to an activating group) is 1. The lowest BCUT2D eigenvalue weighted by molar-refractivity contribution is 0.129. The van der Waals surface area contributed by atoms with Gasteiger partial charge in [0.15, 0.2) is 0 Å². The molecule has 0 fully saturated rings. The number of aliphatic hydroxyl groups excluding tert-OH is 1. The highest BCUT2D eigenvalue weighted by atomic mass is 16.5. The summed E-state index contributed by atoms with van der Waals surface area (Å²) in [5.41, 5.74) is 6.40. The molecule has 18 heavy (non-hydrogen) atoms. The van der Waals surface area contributed by atoms with Crippen molar-refractivity contribution >= 4 is 0 Å². The minimum atomic E-state index is -0.549. The molecule has 0 spiro atoms. The Bertz CT molecular complexity index is 338. The largest absolute Gasteiger partial charge is 0.491 e. The Morgan fingerprint density at radius 1 is 1.28 bits per heavy atom. The number of nitrogens with two attached hydrogens (primary N) is 1. The van der Waals surface area contributed by atoms with Gasteiger partial charge in [-0.05, 0) is 51.6 Å². The molecule has 1 aromatic carbocycles. The van der Waals surface area contributed by atoms with Gasteiger partial charge in [0.2, 0.25) is 0 Å². The summed E-state index contributed by atoms with van der Waals surface area (Å²) in [5.74, 6) is 0.820. The highest BCUT2D eigenvalue weighted by Gasteiger charge is 2.18. The second kappa shape index (κ2) is 7.36. The maximum Gasteiger partial charge on any atom is 0.119 e. The van der Waals surface area contributed by atoms with Gasteiger partial charge in [0.1, 0.15) is 5.75 Å². The molecule has 0 aliphatic heterocycles. The Kier molecular flexibility index (Phi) is 6.12. The molecule has 0 saturated carbocycles. The van der Waals surface area contributed by atoms with Gasteiger partial charge < -0.3 is 20.9 Å². The molecule has 1 aromatic rings. The molecule has 102 valence electrons. The third kappa shape index (κ3) is 4.29. The molecule has 0 aliphatic rings. The molecule has 0 heterocycles. The molecule has 0 aromatic heterocycles. The first-order chi connectivity index (χ1) is 8.58. The van der Waals surface area contributed by atoms with Gasteiger partial charge in [-0.1, -0.05) is 12.1 Å². The molecule has 4 nitrogen and oxygen atoms in total. The van der Waals surface area contributed by atoms with E-state index in [1.807, 2.05) is 45.2 Å². The number of nitrogens with one attached hydrogen (secondary N) is 1. The normalized spacial score (nSPS) is 14.6. The lowest BCUT2D eigenvalue weighted by Gasteiger charge is -2.22. The number of hydrogen-bond donors (Lipinski definition) is 3. The van der Waals surface area contributed by atoms with Gasteiger partial charge in [-0.25, -0.2) is 0 Å². The zero-order valence-electron chi connectivity index (χ0n) is 11.4. The van der Waals surface area contributed by atoms with Crippen molar-refractivity contribution in [3.63, 3.8) is 0 Å². The first kappa shape index (κ1) is 15.0. The van der Waals surface area contributed by atoms with Gasteiger partial charge in [0.25, 0.3) is 0 Å². The highest BCUT2D eigenvalue weighted by Crippen LogP contribution is 2.22. The van der Waals surface area contributed by atoms with Gasteiger partial charge in [0.05, 0.1) is 12.2 Å². The monoisotopic (exact) mass is 252 g/mol. The summed E-state index contributed by atoms with van der Waals surface area (Å²) >= 11 is 0. The molecule has 0 bridgehead atoms. The van der Waals surface area contributed by atoms with Crippen LogP contribution in [0.1, 0.15) is 31.9 Å². The van der Waals surface area contributed by atoms with Crippen LogP contribution in [-0.4, -0.2) is 30.8 Å². The van der Waals surface area contributed by atoms with E-state index in [4.69, 9.17) is 10.5 Å². The fourth-order valence-corrected chi connectivity index (χ4v) is 1.89. The Morgan fingerprint density at radius 2 is 1.89 bits per heavy atom. The standard InChI is InChI=1S/C14H24N2O2/c1-10(2)18-12-6-4-11(5-7-12)14(17)13(16-3)8-9-15/h4-7,10,13-14,16-17H,8-9,15H2,1-3H3. The molecule has 1 rings (SSSR count). The summed E-state index contributed by atoms with van der Waals surface area (Å²) in [6.45, 7) is 4.53. The Hall–Kier alpha value is -1.10. The Labute approximate surface area is 109 Å². The van der Waals surface area contributed by atoms with Crippen LogP contribution in [0.25, 0.3) is 0 Å². The molecule has 0 saturated heterocycles. The van der Waals surface area contributed by atoms with Crippen molar-refractivity contribution in [2.24, 2.45) is 5.73 Å². The van der Waals surface area contributed by atoms with Gasteiger partial charge in [-0.15, -0.1) is 0 Å². The average molecular weight is 252 g/mol.